The topological polar surface area (TPSA) is 58.9 Å². The van der Waals surface area contributed by atoms with E-state index in [4.69, 9.17) is 27.5 Å². The van der Waals surface area contributed by atoms with E-state index in [9.17, 15) is 0 Å². The molecule has 2 N–H and O–H groups in total. The van der Waals surface area contributed by atoms with E-state index in [1.54, 1.807) is 0 Å². The normalized spacial score (nSPS) is 20.3. The van der Waals surface area contributed by atoms with Crippen molar-refractivity contribution in [2.24, 2.45) is 0 Å². The smallest absolute Gasteiger partial charge is 0.112 e. The average molecular weight is 441 g/mol. The average Bonchev–Trinajstić information content (AvgIpc) is 3.18. The summed E-state index contributed by atoms with van der Waals surface area (Å²) in [6.45, 7) is 7.05. The zero-order chi connectivity index (χ0) is 23.6. The number of ether oxygens (including phenoxy) is 2. The van der Waals surface area contributed by atoms with Crippen molar-refractivity contribution in [1.82, 2.24) is 0 Å². The molecule has 1 rings (SSSR count). The van der Waals surface area contributed by atoms with Gasteiger partial charge in [-0.1, -0.05) is 90.7 Å². The van der Waals surface area contributed by atoms with Crippen molar-refractivity contribution < 1.29 is 19.7 Å². The summed E-state index contributed by atoms with van der Waals surface area (Å²) in [7, 11) is 6.85. The fraction of sp³-hybridized carbons (Fsp3) is 0.923. The summed E-state index contributed by atoms with van der Waals surface area (Å²) in [5, 5.41) is 16.1. The lowest BCUT2D eigenvalue weighted by Gasteiger charge is -2.15. The van der Waals surface area contributed by atoms with Crippen molar-refractivity contribution in [1.29, 1.82) is 0 Å². The molecule has 0 aromatic rings. The Hall–Kier alpha value is -0.355. The number of rotatable bonds is 18. The van der Waals surface area contributed by atoms with Gasteiger partial charge in [0.25, 0.3) is 0 Å². The third kappa shape index (κ3) is 21.3. The summed E-state index contributed by atoms with van der Waals surface area (Å²) in [4.78, 5) is 0. The molecule has 0 saturated carbocycles. The number of aliphatic hydroxyl groups is 2. The van der Waals surface area contributed by atoms with E-state index in [2.05, 4.69) is 19.1 Å². The van der Waals surface area contributed by atoms with Crippen LogP contribution in [0, 0.1) is 0 Å². The Morgan fingerprint density at radius 2 is 1.32 bits per heavy atom. The van der Waals surface area contributed by atoms with Gasteiger partial charge in [-0.2, -0.15) is 0 Å². The highest BCUT2D eigenvalue weighted by Gasteiger charge is 2.31. The Balaban J connectivity index is 0. The number of hydrogen-bond acceptors (Lipinski definition) is 4. The highest BCUT2D eigenvalue weighted by Crippen LogP contribution is 2.21. The molecule has 0 aromatic carbocycles. The Kier molecular flexibility index (Phi) is 29.3. The molecule has 0 amide bonds. The molecule has 3 atom stereocenters. The Morgan fingerprint density at radius 3 is 1.81 bits per heavy atom. The summed E-state index contributed by atoms with van der Waals surface area (Å²) in [5.74, 6) is 0. The number of aliphatic hydroxyl groups excluding tert-OH is 2. The van der Waals surface area contributed by atoms with Crippen LogP contribution in [-0.4, -0.2) is 56.6 Å². The molecule has 1 aliphatic heterocycles. The highest BCUT2D eigenvalue weighted by atomic mass is 16.6. The molecule has 1 fully saturated rings. The summed E-state index contributed by atoms with van der Waals surface area (Å²) in [6, 6.07) is -0.378. The van der Waals surface area contributed by atoms with Crippen LogP contribution in [0.2, 0.25) is 0 Å². The van der Waals surface area contributed by atoms with Crippen LogP contribution >= 0.6 is 0 Å². The van der Waals surface area contributed by atoms with Crippen molar-refractivity contribution in [2.45, 2.75) is 135 Å². The summed E-state index contributed by atoms with van der Waals surface area (Å²) >= 11 is 0. The number of unbranched alkanes of at least 4 members (excludes halogenated alkanes) is 12. The van der Waals surface area contributed by atoms with E-state index in [0.717, 1.165) is 20.1 Å². The van der Waals surface area contributed by atoms with E-state index in [1.165, 1.54) is 83.5 Å². The van der Waals surface area contributed by atoms with Crippen LogP contribution in [0.1, 0.15) is 117 Å². The van der Waals surface area contributed by atoms with Gasteiger partial charge in [-0.05, 0) is 32.1 Å². The first-order valence-corrected chi connectivity index (χ1v) is 13.0. The predicted molar refractivity (Wildman–Crippen MR) is 135 cm³/mol. The molecule has 0 unspecified atom stereocenters. The molecular formula is C26H53BO4. The first-order chi connectivity index (χ1) is 15.3. The van der Waals surface area contributed by atoms with Gasteiger partial charge in [-0.15, -0.1) is 0 Å². The monoisotopic (exact) mass is 440 g/mol. The van der Waals surface area contributed by atoms with E-state index >= 15 is 0 Å². The molecule has 1 heterocycles. The van der Waals surface area contributed by atoms with Crippen molar-refractivity contribution >= 4 is 7.85 Å². The SMILES string of the molecule is CC.CO.[B][C@@H]1O[C@H](CO)C[C@H]1OCCCCCCCC/C=C\CCCCCCCC. The third-order valence-electron chi connectivity index (χ3n) is 5.40. The number of hydrogen-bond donors (Lipinski definition) is 2. The lowest BCUT2D eigenvalue weighted by atomic mass is 9.94. The zero-order valence-corrected chi connectivity index (χ0v) is 21.2. The van der Waals surface area contributed by atoms with Crippen LogP contribution in [-0.2, 0) is 9.47 Å². The van der Waals surface area contributed by atoms with E-state index in [-0.39, 0.29) is 24.8 Å². The van der Waals surface area contributed by atoms with Crippen molar-refractivity contribution in [3.63, 3.8) is 0 Å². The predicted octanol–water partition coefficient (Wildman–Crippen LogP) is 6.32. The van der Waals surface area contributed by atoms with Crippen molar-refractivity contribution in [2.75, 3.05) is 20.3 Å². The minimum atomic E-state index is -0.378. The van der Waals surface area contributed by atoms with Gasteiger partial charge >= 0.3 is 0 Å². The van der Waals surface area contributed by atoms with Gasteiger partial charge in [0.15, 0.2) is 0 Å². The first kappa shape index (κ1) is 32.8. The van der Waals surface area contributed by atoms with Gasteiger partial charge in [0.2, 0.25) is 0 Å². The summed E-state index contributed by atoms with van der Waals surface area (Å²) < 4.78 is 11.2. The lowest BCUT2D eigenvalue weighted by Crippen LogP contribution is -2.24. The second-order valence-electron chi connectivity index (χ2n) is 7.99. The Morgan fingerprint density at radius 1 is 0.839 bits per heavy atom. The molecule has 31 heavy (non-hydrogen) atoms. The van der Waals surface area contributed by atoms with Gasteiger partial charge < -0.3 is 19.7 Å². The second-order valence-corrected chi connectivity index (χ2v) is 7.99. The van der Waals surface area contributed by atoms with Gasteiger partial charge in [0, 0.05) is 26.1 Å². The molecule has 0 aromatic heterocycles. The van der Waals surface area contributed by atoms with Crippen LogP contribution in [0.5, 0.6) is 0 Å². The van der Waals surface area contributed by atoms with Crippen LogP contribution in [0.25, 0.3) is 0 Å². The van der Waals surface area contributed by atoms with Crippen LogP contribution in [0.3, 0.4) is 0 Å². The van der Waals surface area contributed by atoms with Gasteiger partial charge in [-0.3, -0.25) is 0 Å². The van der Waals surface area contributed by atoms with Gasteiger partial charge in [0.1, 0.15) is 7.85 Å². The zero-order valence-electron chi connectivity index (χ0n) is 21.2. The Bertz CT molecular complexity index is 352. The largest absolute Gasteiger partial charge is 0.400 e. The number of allylic oxidation sites excluding steroid dienone is 2. The van der Waals surface area contributed by atoms with Gasteiger partial charge in [-0.25, -0.2) is 0 Å². The molecule has 1 saturated heterocycles. The molecule has 1 aliphatic rings. The minimum absolute atomic E-state index is 0.0296. The van der Waals surface area contributed by atoms with Gasteiger partial charge in [0.05, 0.1) is 18.8 Å². The fourth-order valence-electron chi connectivity index (χ4n) is 3.62. The molecule has 184 valence electrons. The van der Waals surface area contributed by atoms with E-state index < -0.39 is 0 Å². The molecule has 5 heteroatoms. The standard InChI is InChI=1S/C23H43BO3.C2H6.CH4O/c1-2-3-4-5-6-7-8-9-10-11-12-13-14-15-16-17-18-26-22-19-21(20-25)27-23(22)24;2*1-2/h9-10,21-23,25H,2-8,11-20H2,1H3;1-2H3;2H,1H3/b10-9-;;/t21-,22+,23+;;/m0../s1. The Labute approximate surface area is 195 Å². The molecule has 4 nitrogen and oxygen atoms in total. The highest BCUT2D eigenvalue weighted by molar-refractivity contribution is 6.11. The quantitative estimate of drug-likeness (QED) is 0.149. The maximum absolute atomic E-state index is 9.08. The summed E-state index contributed by atoms with van der Waals surface area (Å²) in [5.41, 5.74) is 0. The van der Waals surface area contributed by atoms with Crippen LogP contribution in [0.15, 0.2) is 12.2 Å². The fourth-order valence-corrected chi connectivity index (χ4v) is 3.62. The van der Waals surface area contributed by atoms with Crippen LogP contribution < -0.4 is 0 Å². The van der Waals surface area contributed by atoms with Crippen LogP contribution in [0.4, 0.5) is 0 Å². The molecule has 0 bridgehead atoms. The molecule has 0 aliphatic carbocycles. The molecular weight excluding hydrogens is 387 g/mol. The minimum Gasteiger partial charge on any atom is -0.400 e. The lowest BCUT2D eigenvalue weighted by molar-refractivity contribution is 0.00621. The molecule has 0 spiro atoms. The maximum atomic E-state index is 9.08. The van der Waals surface area contributed by atoms with E-state index in [0.29, 0.717) is 6.42 Å². The van der Waals surface area contributed by atoms with E-state index in [1.807, 2.05) is 13.8 Å². The summed E-state index contributed by atoms with van der Waals surface area (Å²) in [6.07, 6.45) is 23.7. The van der Waals surface area contributed by atoms with Crippen molar-refractivity contribution in [3.8, 4) is 0 Å². The first-order valence-electron chi connectivity index (χ1n) is 13.0. The maximum Gasteiger partial charge on any atom is 0.112 e. The molecule has 2 radical (unpaired) electrons. The van der Waals surface area contributed by atoms with Crippen molar-refractivity contribution in [3.05, 3.63) is 12.2 Å². The third-order valence-corrected chi connectivity index (χ3v) is 5.40. The second kappa shape index (κ2) is 27.7.